The van der Waals surface area contributed by atoms with Gasteiger partial charge in [-0.3, -0.25) is 0 Å². The number of nitrogens with zero attached hydrogens (tertiary/aromatic N) is 2. The van der Waals surface area contributed by atoms with Crippen LogP contribution in [0.1, 0.15) is 58.7 Å². The highest BCUT2D eigenvalue weighted by Gasteiger charge is 2.07. The number of hydrogen-bond donors (Lipinski definition) is 0. The minimum Gasteiger partial charge on any atom is -0.475 e. The van der Waals surface area contributed by atoms with Gasteiger partial charge in [-0.15, -0.1) is 0 Å². The maximum atomic E-state index is 5.84. The molecular weight excluding hydrogens is 292 g/mol. The van der Waals surface area contributed by atoms with E-state index >= 15 is 0 Å². The first kappa shape index (κ1) is 15.4. The van der Waals surface area contributed by atoms with Crippen LogP contribution < -0.4 is 4.74 Å². The molecule has 4 heteroatoms. The molecule has 0 N–H and O–H groups in total. The van der Waals surface area contributed by atoms with Gasteiger partial charge >= 0.3 is 0 Å². The van der Waals surface area contributed by atoms with Gasteiger partial charge < -0.3 is 4.74 Å². The van der Waals surface area contributed by atoms with E-state index in [9.17, 15) is 0 Å². The number of hydrogen-bond acceptors (Lipinski definition) is 3. The van der Waals surface area contributed by atoms with Gasteiger partial charge in [0.15, 0.2) is 0 Å². The van der Waals surface area contributed by atoms with E-state index in [-0.39, 0.29) is 6.10 Å². The fourth-order valence-corrected chi connectivity index (χ4v) is 2.18. The highest BCUT2D eigenvalue weighted by molar-refractivity contribution is 9.10. The van der Waals surface area contributed by atoms with Crippen molar-refractivity contribution in [2.75, 3.05) is 0 Å². The molecular formula is C14H23BrN2O. The fraction of sp³-hybridized carbons (Fsp3) is 0.714. The number of aromatic nitrogens is 2. The molecule has 0 aliphatic rings. The first-order chi connectivity index (χ1) is 8.65. The van der Waals surface area contributed by atoms with Gasteiger partial charge in [-0.2, -0.15) is 4.98 Å². The molecule has 0 saturated carbocycles. The van der Waals surface area contributed by atoms with E-state index in [1.807, 2.05) is 13.0 Å². The molecule has 18 heavy (non-hydrogen) atoms. The van der Waals surface area contributed by atoms with Gasteiger partial charge in [0.05, 0.1) is 6.10 Å². The second-order valence-corrected chi connectivity index (χ2v) is 5.39. The molecule has 0 fully saturated rings. The first-order valence-corrected chi connectivity index (χ1v) is 7.65. The van der Waals surface area contributed by atoms with Gasteiger partial charge in [-0.05, 0) is 35.7 Å². The van der Waals surface area contributed by atoms with Crippen LogP contribution in [0.5, 0.6) is 5.88 Å². The minimum absolute atomic E-state index is 0.216. The lowest BCUT2D eigenvalue weighted by atomic mass is 10.1. The van der Waals surface area contributed by atoms with Crippen molar-refractivity contribution in [2.24, 2.45) is 0 Å². The Bertz CT molecular complexity index is 358. The summed E-state index contributed by atoms with van der Waals surface area (Å²) in [4.78, 5) is 8.64. The van der Waals surface area contributed by atoms with E-state index in [4.69, 9.17) is 4.74 Å². The highest BCUT2D eigenvalue weighted by Crippen LogP contribution is 2.17. The Balaban J connectivity index is 2.43. The number of ether oxygens (including phenoxy) is 1. The van der Waals surface area contributed by atoms with E-state index < -0.39 is 0 Å². The first-order valence-electron chi connectivity index (χ1n) is 6.85. The van der Waals surface area contributed by atoms with Crippen molar-refractivity contribution in [3.05, 3.63) is 16.5 Å². The van der Waals surface area contributed by atoms with Crippen molar-refractivity contribution in [1.82, 2.24) is 9.97 Å². The molecule has 0 radical (unpaired) electrons. The molecule has 102 valence electrons. The monoisotopic (exact) mass is 314 g/mol. The van der Waals surface area contributed by atoms with Crippen LogP contribution >= 0.6 is 15.9 Å². The lowest BCUT2D eigenvalue weighted by molar-refractivity contribution is 0.197. The summed E-state index contributed by atoms with van der Waals surface area (Å²) in [7, 11) is 0. The van der Waals surface area contributed by atoms with Gasteiger partial charge in [-0.1, -0.05) is 33.1 Å². The van der Waals surface area contributed by atoms with Crippen molar-refractivity contribution in [3.63, 3.8) is 0 Å². The van der Waals surface area contributed by atoms with Gasteiger partial charge in [-0.25, -0.2) is 4.98 Å². The molecule has 1 unspecified atom stereocenters. The molecule has 0 amide bonds. The molecule has 1 rings (SSSR count). The van der Waals surface area contributed by atoms with E-state index in [0.29, 0.717) is 5.88 Å². The Morgan fingerprint density at radius 3 is 2.67 bits per heavy atom. The van der Waals surface area contributed by atoms with Crippen molar-refractivity contribution < 1.29 is 4.74 Å². The SMILES string of the molecule is CCCCCCC(C)Oc1cc(Br)nc(CC)n1. The smallest absolute Gasteiger partial charge is 0.217 e. The third kappa shape index (κ3) is 5.80. The molecule has 3 nitrogen and oxygen atoms in total. The van der Waals surface area contributed by atoms with Crippen LogP contribution in [-0.4, -0.2) is 16.1 Å². The summed E-state index contributed by atoms with van der Waals surface area (Å²) >= 11 is 3.39. The summed E-state index contributed by atoms with van der Waals surface area (Å²) < 4.78 is 6.63. The van der Waals surface area contributed by atoms with Crippen LogP contribution in [-0.2, 0) is 6.42 Å². The van der Waals surface area contributed by atoms with Crippen molar-refractivity contribution in [3.8, 4) is 5.88 Å². The summed E-state index contributed by atoms with van der Waals surface area (Å²) in [6, 6.07) is 1.84. The Kier molecular flexibility index (Phi) is 7.25. The summed E-state index contributed by atoms with van der Waals surface area (Å²) in [5.41, 5.74) is 0. The Hall–Kier alpha value is -0.640. The van der Waals surface area contributed by atoms with Gasteiger partial charge in [0.2, 0.25) is 5.88 Å². The lowest BCUT2D eigenvalue weighted by Gasteiger charge is -2.14. The lowest BCUT2D eigenvalue weighted by Crippen LogP contribution is -2.13. The predicted octanol–water partition coefficient (Wildman–Crippen LogP) is 4.54. The Labute approximate surface area is 119 Å². The summed E-state index contributed by atoms with van der Waals surface area (Å²) in [6.45, 7) is 6.37. The Morgan fingerprint density at radius 2 is 2.00 bits per heavy atom. The average Bonchev–Trinajstić information content (AvgIpc) is 2.34. The zero-order valence-corrected chi connectivity index (χ0v) is 13.2. The van der Waals surface area contributed by atoms with Crippen LogP contribution in [0.2, 0.25) is 0 Å². The van der Waals surface area contributed by atoms with Gasteiger partial charge in [0.25, 0.3) is 0 Å². The molecule has 1 atom stereocenters. The van der Waals surface area contributed by atoms with Crippen LogP contribution in [0.3, 0.4) is 0 Å². The maximum absolute atomic E-state index is 5.84. The molecule has 0 bridgehead atoms. The van der Waals surface area contributed by atoms with Crippen LogP contribution in [0.4, 0.5) is 0 Å². The fourth-order valence-electron chi connectivity index (χ4n) is 1.78. The third-order valence-electron chi connectivity index (χ3n) is 2.82. The van der Waals surface area contributed by atoms with Crippen LogP contribution in [0.15, 0.2) is 10.7 Å². The number of rotatable bonds is 8. The van der Waals surface area contributed by atoms with Gasteiger partial charge in [0.1, 0.15) is 10.4 Å². The molecule has 1 heterocycles. The summed E-state index contributed by atoms with van der Waals surface area (Å²) in [6.07, 6.45) is 7.22. The second-order valence-electron chi connectivity index (χ2n) is 4.58. The molecule has 1 aromatic rings. The van der Waals surface area contributed by atoms with E-state index in [1.165, 1.54) is 25.7 Å². The third-order valence-corrected chi connectivity index (χ3v) is 3.23. The molecule has 0 aliphatic carbocycles. The van der Waals surface area contributed by atoms with Crippen LogP contribution in [0.25, 0.3) is 0 Å². The average molecular weight is 315 g/mol. The van der Waals surface area contributed by atoms with E-state index in [2.05, 4.69) is 39.7 Å². The topological polar surface area (TPSA) is 35.0 Å². The van der Waals surface area contributed by atoms with E-state index in [1.54, 1.807) is 0 Å². The highest BCUT2D eigenvalue weighted by atomic mass is 79.9. The standard InChI is InChI=1S/C14H23BrN2O/c1-4-6-7-8-9-11(3)18-14-10-12(15)16-13(5-2)17-14/h10-11H,4-9H2,1-3H3. The second kappa shape index (κ2) is 8.46. The summed E-state index contributed by atoms with van der Waals surface area (Å²) in [5, 5.41) is 0. The number of halogens is 1. The zero-order chi connectivity index (χ0) is 13.4. The van der Waals surface area contributed by atoms with E-state index in [0.717, 1.165) is 23.3 Å². The minimum atomic E-state index is 0.216. The number of unbranched alkanes of at least 4 members (excludes halogenated alkanes) is 3. The largest absolute Gasteiger partial charge is 0.475 e. The molecule has 0 saturated heterocycles. The molecule has 0 aromatic carbocycles. The Morgan fingerprint density at radius 1 is 1.22 bits per heavy atom. The van der Waals surface area contributed by atoms with Gasteiger partial charge in [0, 0.05) is 12.5 Å². The zero-order valence-electron chi connectivity index (χ0n) is 11.6. The number of aryl methyl sites for hydroxylation is 1. The maximum Gasteiger partial charge on any atom is 0.217 e. The van der Waals surface area contributed by atoms with Crippen molar-refractivity contribution >= 4 is 15.9 Å². The molecule has 0 spiro atoms. The molecule has 1 aromatic heterocycles. The predicted molar refractivity (Wildman–Crippen MR) is 78.0 cm³/mol. The molecule has 0 aliphatic heterocycles. The normalized spacial score (nSPS) is 12.4. The summed E-state index contributed by atoms with van der Waals surface area (Å²) in [5.74, 6) is 1.49. The quantitative estimate of drug-likeness (QED) is 0.522. The van der Waals surface area contributed by atoms with Crippen LogP contribution in [0, 0.1) is 0 Å². The van der Waals surface area contributed by atoms with Crippen molar-refractivity contribution in [1.29, 1.82) is 0 Å². The van der Waals surface area contributed by atoms with Crippen molar-refractivity contribution in [2.45, 2.75) is 65.4 Å².